The zero-order chi connectivity index (χ0) is 20.0. The highest BCUT2D eigenvalue weighted by atomic mass is 127. The lowest BCUT2D eigenvalue weighted by Crippen LogP contribution is -2.49. The highest BCUT2D eigenvalue weighted by Gasteiger charge is 2.18. The second-order valence-electron chi connectivity index (χ2n) is 7.19. The van der Waals surface area contributed by atoms with Gasteiger partial charge in [-0.3, -0.25) is 9.89 Å². The van der Waals surface area contributed by atoms with Crippen LogP contribution < -0.4 is 15.5 Å². The second-order valence-corrected chi connectivity index (χ2v) is 7.19. The van der Waals surface area contributed by atoms with E-state index in [1.807, 2.05) is 6.07 Å². The summed E-state index contributed by atoms with van der Waals surface area (Å²) in [6, 6.07) is 1.85. The van der Waals surface area contributed by atoms with E-state index >= 15 is 0 Å². The van der Waals surface area contributed by atoms with E-state index in [2.05, 4.69) is 44.2 Å². The van der Waals surface area contributed by atoms with Gasteiger partial charge >= 0.3 is 0 Å². The molecule has 0 spiro atoms. The van der Waals surface area contributed by atoms with Crippen molar-refractivity contribution in [2.24, 2.45) is 10.9 Å². The van der Waals surface area contributed by atoms with Gasteiger partial charge in [0.25, 0.3) is 0 Å². The van der Waals surface area contributed by atoms with Crippen molar-refractivity contribution in [1.29, 1.82) is 0 Å². The standard InChI is InChI=1S/C20H37N7O.HI/c1-3-6-18(7-16-28)17-25-19(21-4-2)22-10-11-26-12-14-27(15-13-26)20-23-8-5-9-24-20;/h5,8-9,18,28H,3-4,6-7,10-17H2,1-2H3,(H2,21,22,25);1H. The molecule has 0 saturated carbocycles. The van der Waals surface area contributed by atoms with Gasteiger partial charge in [0.2, 0.25) is 5.95 Å². The topological polar surface area (TPSA) is 88.9 Å². The second kappa shape index (κ2) is 15.6. The van der Waals surface area contributed by atoms with Crippen LogP contribution in [0.3, 0.4) is 0 Å². The summed E-state index contributed by atoms with van der Waals surface area (Å²) in [6.45, 7) is 11.9. The normalized spacial score (nSPS) is 16.2. The fraction of sp³-hybridized carbons (Fsp3) is 0.750. The quantitative estimate of drug-likeness (QED) is 0.233. The molecule has 0 bridgehead atoms. The number of rotatable bonds is 11. The number of nitrogens with one attached hydrogen (secondary N) is 2. The molecule has 1 aliphatic heterocycles. The lowest BCUT2D eigenvalue weighted by atomic mass is 10.0. The molecule has 3 N–H and O–H groups in total. The van der Waals surface area contributed by atoms with Gasteiger partial charge in [0, 0.05) is 71.4 Å². The minimum absolute atomic E-state index is 0. The minimum Gasteiger partial charge on any atom is -0.396 e. The minimum atomic E-state index is 0. The highest BCUT2D eigenvalue weighted by Crippen LogP contribution is 2.11. The van der Waals surface area contributed by atoms with Crippen molar-refractivity contribution in [3.63, 3.8) is 0 Å². The van der Waals surface area contributed by atoms with Gasteiger partial charge in [-0.1, -0.05) is 13.3 Å². The van der Waals surface area contributed by atoms with E-state index < -0.39 is 0 Å². The Kier molecular flexibility index (Phi) is 13.9. The largest absolute Gasteiger partial charge is 0.396 e. The average Bonchev–Trinajstić information content (AvgIpc) is 2.73. The van der Waals surface area contributed by atoms with Gasteiger partial charge in [-0.2, -0.15) is 0 Å². The predicted octanol–water partition coefficient (Wildman–Crippen LogP) is 1.57. The fourth-order valence-electron chi connectivity index (χ4n) is 3.44. The van der Waals surface area contributed by atoms with Crippen LogP contribution in [0.2, 0.25) is 0 Å². The van der Waals surface area contributed by atoms with E-state index in [1.165, 1.54) is 0 Å². The molecule has 1 saturated heterocycles. The summed E-state index contributed by atoms with van der Waals surface area (Å²) in [4.78, 5) is 18.1. The van der Waals surface area contributed by atoms with E-state index in [0.29, 0.717) is 5.92 Å². The number of hydrogen-bond acceptors (Lipinski definition) is 6. The summed E-state index contributed by atoms with van der Waals surface area (Å²) < 4.78 is 0. The van der Waals surface area contributed by atoms with Crippen molar-refractivity contribution in [1.82, 2.24) is 25.5 Å². The molecule has 166 valence electrons. The van der Waals surface area contributed by atoms with Gasteiger partial charge < -0.3 is 20.6 Å². The third-order valence-corrected chi connectivity index (χ3v) is 5.01. The maximum absolute atomic E-state index is 9.21. The van der Waals surface area contributed by atoms with Gasteiger partial charge in [0.05, 0.1) is 0 Å². The van der Waals surface area contributed by atoms with E-state index in [0.717, 1.165) is 83.5 Å². The number of piperazine rings is 1. The summed E-state index contributed by atoms with van der Waals surface area (Å²) in [5.41, 5.74) is 0. The molecule has 0 aromatic carbocycles. The molecule has 0 radical (unpaired) electrons. The SMILES string of the molecule is CCCC(CCO)CN=C(NCC)NCCN1CCN(c2ncccn2)CC1.I. The average molecular weight is 519 g/mol. The Balaban J connectivity index is 0.00000420. The van der Waals surface area contributed by atoms with Crippen LogP contribution in [0.4, 0.5) is 5.95 Å². The van der Waals surface area contributed by atoms with Gasteiger partial charge in [-0.25, -0.2) is 9.97 Å². The maximum atomic E-state index is 9.21. The van der Waals surface area contributed by atoms with Crippen LogP contribution in [-0.2, 0) is 0 Å². The summed E-state index contributed by atoms with van der Waals surface area (Å²) in [7, 11) is 0. The number of aromatic nitrogens is 2. The highest BCUT2D eigenvalue weighted by molar-refractivity contribution is 14.0. The smallest absolute Gasteiger partial charge is 0.225 e. The van der Waals surface area contributed by atoms with Crippen LogP contribution in [0.15, 0.2) is 23.5 Å². The van der Waals surface area contributed by atoms with Gasteiger partial charge in [-0.05, 0) is 31.7 Å². The van der Waals surface area contributed by atoms with Crippen molar-refractivity contribution >= 4 is 35.9 Å². The molecule has 1 fully saturated rings. The molecular weight excluding hydrogens is 481 g/mol. The fourth-order valence-corrected chi connectivity index (χ4v) is 3.44. The Morgan fingerprint density at radius 2 is 1.86 bits per heavy atom. The van der Waals surface area contributed by atoms with Crippen LogP contribution in [0.25, 0.3) is 0 Å². The predicted molar refractivity (Wildman–Crippen MR) is 130 cm³/mol. The van der Waals surface area contributed by atoms with Crippen molar-refractivity contribution in [3.05, 3.63) is 18.5 Å². The van der Waals surface area contributed by atoms with Crippen LogP contribution >= 0.6 is 24.0 Å². The number of aliphatic hydroxyl groups is 1. The van der Waals surface area contributed by atoms with Crippen LogP contribution in [0.5, 0.6) is 0 Å². The molecule has 9 heteroatoms. The molecule has 2 rings (SSSR count). The zero-order valence-electron chi connectivity index (χ0n) is 17.9. The Morgan fingerprint density at radius 3 is 2.48 bits per heavy atom. The van der Waals surface area contributed by atoms with Crippen molar-refractivity contribution in [2.45, 2.75) is 33.1 Å². The number of anilines is 1. The first-order valence-corrected chi connectivity index (χ1v) is 10.6. The first kappa shape index (κ1) is 25.8. The number of guanidine groups is 1. The first-order chi connectivity index (χ1) is 13.8. The molecule has 0 aliphatic carbocycles. The molecular formula is C20H38IN7O. The Morgan fingerprint density at radius 1 is 1.14 bits per heavy atom. The van der Waals surface area contributed by atoms with Gasteiger partial charge in [0.15, 0.2) is 5.96 Å². The molecule has 1 aliphatic rings. The van der Waals surface area contributed by atoms with E-state index in [4.69, 9.17) is 4.99 Å². The Labute approximate surface area is 192 Å². The summed E-state index contributed by atoms with van der Waals surface area (Å²) in [6.07, 6.45) is 6.66. The maximum Gasteiger partial charge on any atom is 0.225 e. The van der Waals surface area contributed by atoms with Gasteiger partial charge in [0.1, 0.15) is 0 Å². The molecule has 8 nitrogen and oxygen atoms in total. The Bertz CT molecular complexity index is 547. The van der Waals surface area contributed by atoms with Crippen LogP contribution in [0.1, 0.15) is 33.1 Å². The third kappa shape index (κ3) is 9.90. The Hall–Kier alpha value is -1.20. The lowest BCUT2D eigenvalue weighted by molar-refractivity contribution is 0.253. The molecule has 1 aromatic rings. The van der Waals surface area contributed by atoms with Crippen molar-refractivity contribution in [2.75, 3.05) is 63.9 Å². The zero-order valence-corrected chi connectivity index (χ0v) is 20.2. The molecule has 1 unspecified atom stereocenters. The van der Waals surface area contributed by atoms with Gasteiger partial charge in [-0.15, -0.1) is 24.0 Å². The third-order valence-electron chi connectivity index (χ3n) is 5.01. The lowest BCUT2D eigenvalue weighted by Gasteiger charge is -2.34. The first-order valence-electron chi connectivity index (χ1n) is 10.6. The molecule has 0 amide bonds. The van der Waals surface area contributed by atoms with Crippen molar-refractivity contribution < 1.29 is 5.11 Å². The van der Waals surface area contributed by atoms with E-state index in [1.54, 1.807) is 12.4 Å². The van der Waals surface area contributed by atoms with Crippen LogP contribution in [-0.4, -0.2) is 84.9 Å². The van der Waals surface area contributed by atoms with Crippen molar-refractivity contribution in [3.8, 4) is 0 Å². The molecule has 29 heavy (non-hydrogen) atoms. The monoisotopic (exact) mass is 519 g/mol. The molecule has 1 atom stereocenters. The number of nitrogens with zero attached hydrogens (tertiary/aromatic N) is 5. The summed E-state index contributed by atoms with van der Waals surface area (Å²) >= 11 is 0. The van der Waals surface area contributed by atoms with Crippen LogP contribution in [0, 0.1) is 5.92 Å². The number of aliphatic imine (C=N–C) groups is 1. The summed E-state index contributed by atoms with van der Waals surface area (Å²) in [5, 5.41) is 16.0. The van der Waals surface area contributed by atoms with E-state index in [-0.39, 0.29) is 30.6 Å². The number of aliphatic hydroxyl groups excluding tert-OH is 1. The number of halogens is 1. The molecule has 1 aromatic heterocycles. The molecule has 2 heterocycles. The van der Waals surface area contributed by atoms with E-state index in [9.17, 15) is 5.11 Å². The number of hydrogen-bond donors (Lipinski definition) is 3. The summed E-state index contributed by atoms with van der Waals surface area (Å²) in [5.74, 6) is 2.16.